The van der Waals surface area contributed by atoms with Gasteiger partial charge in [0.15, 0.2) is 0 Å². The minimum atomic E-state index is 0.613. The van der Waals surface area contributed by atoms with E-state index < -0.39 is 0 Å². The van der Waals surface area contributed by atoms with Crippen LogP contribution in [-0.4, -0.2) is 6.54 Å². The van der Waals surface area contributed by atoms with E-state index >= 15 is 0 Å². The fourth-order valence-corrected chi connectivity index (χ4v) is 0.299. The molecule has 0 bridgehead atoms. The Bertz CT molecular complexity index is 81.4. The molecule has 0 aromatic carbocycles. The van der Waals surface area contributed by atoms with Crippen molar-refractivity contribution in [3.8, 4) is 0 Å². The van der Waals surface area contributed by atoms with Crippen LogP contribution in [0.15, 0.2) is 15.6 Å². The molecule has 8 heavy (non-hydrogen) atoms. The maximum atomic E-state index is 9.26. The van der Waals surface area contributed by atoms with Crippen LogP contribution < -0.4 is 0 Å². The predicted octanol–water partition coefficient (Wildman–Crippen LogP) is 1.92. The molecule has 0 N–H and O–H groups in total. The standard InChI is InChI=1S/C4H9N3O/c1-2-3-4-5-6-7-8/h2-4H2,1H3. The molecule has 0 heterocycles. The van der Waals surface area contributed by atoms with Crippen LogP contribution in [0.5, 0.6) is 0 Å². The van der Waals surface area contributed by atoms with Crippen LogP contribution in [0.2, 0.25) is 0 Å². The SMILES string of the molecule is CCCCN=NN=O. The number of hydrogen-bond donors (Lipinski definition) is 0. The van der Waals surface area contributed by atoms with Gasteiger partial charge in [-0.15, -0.1) is 4.91 Å². The lowest BCUT2D eigenvalue weighted by Crippen LogP contribution is -1.73. The van der Waals surface area contributed by atoms with Gasteiger partial charge < -0.3 is 0 Å². The predicted molar refractivity (Wildman–Crippen MR) is 30.4 cm³/mol. The van der Waals surface area contributed by atoms with Crippen molar-refractivity contribution in [3.63, 3.8) is 0 Å². The maximum absolute atomic E-state index is 9.26. The largest absolute Gasteiger partial charge is 0.166 e. The first-order chi connectivity index (χ1) is 3.91. The van der Waals surface area contributed by atoms with Crippen molar-refractivity contribution >= 4 is 0 Å². The first kappa shape index (κ1) is 7.20. The van der Waals surface area contributed by atoms with Gasteiger partial charge in [0.1, 0.15) is 5.29 Å². The highest BCUT2D eigenvalue weighted by atomic mass is 16.3. The number of nitrogens with zero attached hydrogens (tertiary/aromatic N) is 3. The van der Waals surface area contributed by atoms with Crippen molar-refractivity contribution in [2.24, 2.45) is 15.6 Å². The molecule has 4 heteroatoms. The quantitative estimate of drug-likeness (QED) is 0.239. The molecule has 0 aromatic rings. The minimum Gasteiger partial charge on any atom is -0.166 e. The molecule has 0 aliphatic carbocycles. The summed E-state index contributed by atoms with van der Waals surface area (Å²) in [6.45, 7) is 2.66. The zero-order valence-electron chi connectivity index (χ0n) is 4.87. The van der Waals surface area contributed by atoms with Crippen molar-refractivity contribution in [1.82, 2.24) is 0 Å². The second-order valence-corrected chi connectivity index (χ2v) is 1.39. The Labute approximate surface area is 47.9 Å². The van der Waals surface area contributed by atoms with Crippen LogP contribution in [-0.2, 0) is 0 Å². The van der Waals surface area contributed by atoms with Crippen molar-refractivity contribution < 1.29 is 0 Å². The van der Waals surface area contributed by atoms with Gasteiger partial charge in [-0.2, -0.15) is 5.11 Å². The van der Waals surface area contributed by atoms with E-state index in [0.717, 1.165) is 12.8 Å². The van der Waals surface area contributed by atoms with Crippen molar-refractivity contribution in [2.75, 3.05) is 6.54 Å². The first-order valence-corrected chi connectivity index (χ1v) is 2.61. The normalized spacial score (nSPS) is 10.1. The third kappa shape index (κ3) is 5.20. The molecule has 0 unspecified atom stereocenters. The van der Waals surface area contributed by atoms with E-state index in [1.165, 1.54) is 0 Å². The molecule has 0 aliphatic rings. The van der Waals surface area contributed by atoms with Crippen LogP contribution in [0, 0.1) is 4.91 Å². The maximum Gasteiger partial charge on any atom is 0.100 e. The average molecular weight is 115 g/mol. The Morgan fingerprint density at radius 2 is 2.25 bits per heavy atom. The van der Waals surface area contributed by atoms with E-state index in [1.54, 1.807) is 0 Å². The Morgan fingerprint density at radius 1 is 1.50 bits per heavy atom. The summed E-state index contributed by atoms with van der Waals surface area (Å²) in [5, 5.41) is 8.54. The molecule has 0 saturated carbocycles. The van der Waals surface area contributed by atoms with Crippen molar-refractivity contribution in [1.29, 1.82) is 0 Å². The summed E-state index contributed by atoms with van der Waals surface area (Å²) in [7, 11) is 0. The number of hydrogen-bond acceptors (Lipinski definition) is 2. The van der Waals surface area contributed by atoms with E-state index in [-0.39, 0.29) is 0 Å². The number of unbranched alkanes of at least 4 members (excludes halogenated alkanes) is 1. The van der Waals surface area contributed by atoms with Gasteiger partial charge in [-0.1, -0.05) is 13.3 Å². The lowest BCUT2D eigenvalue weighted by molar-refractivity contribution is 0.762. The van der Waals surface area contributed by atoms with Crippen LogP contribution in [0.25, 0.3) is 0 Å². The van der Waals surface area contributed by atoms with Crippen molar-refractivity contribution in [3.05, 3.63) is 4.91 Å². The smallest absolute Gasteiger partial charge is 0.100 e. The molecule has 0 fully saturated rings. The Hall–Kier alpha value is -0.800. The summed E-state index contributed by atoms with van der Waals surface area (Å²) < 4.78 is 0. The first-order valence-electron chi connectivity index (χ1n) is 2.61. The van der Waals surface area contributed by atoms with Gasteiger partial charge in [0.05, 0.1) is 6.54 Å². The molecule has 4 nitrogen and oxygen atoms in total. The molecule has 0 aliphatic heterocycles. The van der Waals surface area contributed by atoms with Gasteiger partial charge in [0.2, 0.25) is 0 Å². The molecule has 0 aromatic heterocycles. The van der Waals surface area contributed by atoms with Crippen LogP contribution >= 0.6 is 0 Å². The molecule has 0 amide bonds. The van der Waals surface area contributed by atoms with Crippen LogP contribution in [0.3, 0.4) is 0 Å². The molecule has 0 saturated heterocycles. The lowest BCUT2D eigenvalue weighted by Gasteiger charge is -1.81. The van der Waals surface area contributed by atoms with E-state index in [2.05, 4.69) is 15.6 Å². The number of rotatable bonds is 4. The zero-order chi connectivity index (χ0) is 6.24. The summed E-state index contributed by atoms with van der Waals surface area (Å²) in [5.41, 5.74) is 0. The summed E-state index contributed by atoms with van der Waals surface area (Å²) >= 11 is 0. The topological polar surface area (TPSA) is 54.1 Å². The van der Waals surface area contributed by atoms with Gasteiger partial charge in [0, 0.05) is 0 Å². The fraction of sp³-hybridized carbons (Fsp3) is 1.00. The molecule has 46 valence electrons. The third-order valence-electron chi connectivity index (χ3n) is 0.711. The summed E-state index contributed by atoms with van der Waals surface area (Å²) in [6.07, 6.45) is 2.04. The van der Waals surface area contributed by atoms with Gasteiger partial charge in [0.25, 0.3) is 0 Å². The highest BCUT2D eigenvalue weighted by molar-refractivity contribution is 4.35. The second-order valence-electron chi connectivity index (χ2n) is 1.39. The Kier molecular flexibility index (Phi) is 5.58. The summed E-state index contributed by atoms with van der Waals surface area (Å²) in [5.74, 6) is 0. The highest BCUT2D eigenvalue weighted by Crippen LogP contribution is 1.86. The second kappa shape index (κ2) is 6.20. The Balaban J connectivity index is 2.91. The van der Waals surface area contributed by atoms with Crippen molar-refractivity contribution in [2.45, 2.75) is 19.8 Å². The van der Waals surface area contributed by atoms with Gasteiger partial charge in [-0.05, 0) is 11.6 Å². The van der Waals surface area contributed by atoms with Crippen LogP contribution in [0.4, 0.5) is 0 Å². The van der Waals surface area contributed by atoms with E-state index in [1.807, 2.05) is 6.92 Å². The molecule has 0 atom stereocenters. The van der Waals surface area contributed by atoms with E-state index in [0.29, 0.717) is 6.54 Å². The molecular weight excluding hydrogens is 106 g/mol. The minimum absolute atomic E-state index is 0.613. The Morgan fingerprint density at radius 3 is 2.75 bits per heavy atom. The van der Waals surface area contributed by atoms with E-state index in [4.69, 9.17) is 0 Å². The van der Waals surface area contributed by atoms with E-state index in [9.17, 15) is 4.91 Å². The third-order valence-corrected chi connectivity index (χ3v) is 0.711. The summed E-state index contributed by atoms with van der Waals surface area (Å²) in [6, 6.07) is 0. The van der Waals surface area contributed by atoms with Gasteiger partial charge in [-0.25, -0.2) is 0 Å². The summed E-state index contributed by atoms with van der Waals surface area (Å²) in [4.78, 5) is 9.26. The molecule has 0 radical (unpaired) electrons. The van der Waals surface area contributed by atoms with Crippen LogP contribution in [0.1, 0.15) is 19.8 Å². The van der Waals surface area contributed by atoms with Gasteiger partial charge >= 0.3 is 0 Å². The molecule has 0 spiro atoms. The monoisotopic (exact) mass is 115 g/mol. The lowest BCUT2D eigenvalue weighted by atomic mass is 10.3. The zero-order valence-corrected chi connectivity index (χ0v) is 4.87. The highest BCUT2D eigenvalue weighted by Gasteiger charge is 1.76. The average Bonchev–Trinajstić information content (AvgIpc) is 1.81. The molecular formula is C4H9N3O. The number of nitroso groups, excluding NO2 is 1. The van der Waals surface area contributed by atoms with Gasteiger partial charge in [-0.3, -0.25) is 0 Å². The molecule has 0 rings (SSSR count). The fourth-order valence-electron chi connectivity index (χ4n) is 0.299.